The van der Waals surface area contributed by atoms with E-state index < -0.39 is 15.9 Å². The fourth-order valence-corrected chi connectivity index (χ4v) is 4.94. The summed E-state index contributed by atoms with van der Waals surface area (Å²) in [4.78, 5) is 17.1. The van der Waals surface area contributed by atoms with Crippen LogP contribution in [0.25, 0.3) is 11.1 Å². The molecule has 11 heteroatoms. The largest absolute Gasteiger partial charge is 0.481 e. The third kappa shape index (κ3) is 3.49. The molecule has 1 aliphatic carbocycles. The van der Waals surface area contributed by atoms with E-state index in [0.717, 1.165) is 35.1 Å². The number of hydrogen-bond acceptors (Lipinski definition) is 6. The average molecular weight is 455 g/mol. The van der Waals surface area contributed by atoms with Gasteiger partial charge in [-0.3, -0.25) is 0 Å². The standard InChI is InChI=1S/C21H22N6O4S/c1-12-11-27-20(31-12)17(10-24-27)32(22,29)26-21(28)25-19-15-5-3-13(15)4-6-16(19)14-7-8-23-18(9-14)30-2/h4,6-10,12H,3,5,11H2,1-2H3,(H3,22,25,26,28,29)/t12-,32-/m1/s1. The number of urea groups is 1. The van der Waals surface area contributed by atoms with Crippen LogP contribution in [0.4, 0.5) is 10.5 Å². The molecule has 0 radical (unpaired) electrons. The van der Waals surface area contributed by atoms with E-state index in [4.69, 9.17) is 14.6 Å². The minimum atomic E-state index is -3.55. The Morgan fingerprint density at radius 3 is 2.97 bits per heavy atom. The summed E-state index contributed by atoms with van der Waals surface area (Å²) >= 11 is 0. The summed E-state index contributed by atoms with van der Waals surface area (Å²) in [6, 6.07) is 6.78. The van der Waals surface area contributed by atoms with E-state index in [0.29, 0.717) is 18.1 Å². The van der Waals surface area contributed by atoms with Crippen LogP contribution in [0.3, 0.4) is 0 Å². The van der Waals surface area contributed by atoms with Gasteiger partial charge in [0.2, 0.25) is 11.8 Å². The van der Waals surface area contributed by atoms with Gasteiger partial charge in [0.25, 0.3) is 0 Å². The fraction of sp³-hybridized carbons (Fsp3) is 0.286. The lowest BCUT2D eigenvalue weighted by Gasteiger charge is -2.25. The second-order valence-corrected chi connectivity index (χ2v) is 9.49. The van der Waals surface area contributed by atoms with E-state index in [1.165, 1.54) is 6.20 Å². The first-order chi connectivity index (χ1) is 15.4. The van der Waals surface area contributed by atoms with Gasteiger partial charge in [-0.25, -0.2) is 23.8 Å². The first-order valence-electron chi connectivity index (χ1n) is 10.1. The van der Waals surface area contributed by atoms with Crippen LogP contribution in [0.15, 0.2) is 45.9 Å². The van der Waals surface area contributed by atoms with Crippen LogP contribution in [0, 0.1) is 0 Å². The highest BCUT2D eigenvalue weighted by atomic mass is 32.2. The maximum atomic E-state index is 13.1. The average Bonchev–Trinajstić information content (AvgIpc) is 3.28. The van der Waals surface area contributed by atoms with Crippen molar-refractivity contribution in [1.29, 1.82) is 0 Å². The van der Waals surface area contributed by atoms with Gasteiger partial charge < -0.3 is 14.8 Å². The molecule has 0 bridgehead atoms. The Bertz CT molecular complexity index is 1360. The molecule has 1 aromatic carbocycles. The zero-order chi connectivity index (χ0) is 22.5. The molecular formula is C21H22N6O4S. The predicted molar refractivity (Wildman–Crippen MR) is 118 cm³/mol. The third-order valence-corrected chi connectivity index (χ3v) is 6.92. The summed E-state index contributed by atoms with van der Waals surface area (Å²) in [5.41, 5.74) is 4.41. The highest BCUT2D eigenvalue weighted by Gasteiger charge is 2.29. The number of nitrogens with zero attached hydrogens (tertiary/aromatic N) is 4. The van der Waals surface area contributed by atoms with Crippen molar-refractivity contribution in [2.24, 2.45) is 9.50 Å². The number of pyridine rings is 1. The van der Waals surface area contributed by atoms with Crippen molar-refractivity contribution in [3.8, 4) is 22.9 Å². The Kier molecular flexibility index (Phi) is 4.86. The lowest BCUT2D eigenvalue weighted by Crippen LogP contribution is -2.20. The number of ether oxygens (including phenoxy) is 2. The molecule has 3 heterocycles. The summed E-state index contributed by atoms with van der Waals surface area (Å²) in [7, 11) is -2.01. The Labute approximate surface area is 185 Å². The number of methoxy groups -OCH3 is 1. The molecule has 0 saturated heterocycles. The van der Waals surface area contributed by atoms with Crippen LogP contribution in [-0.2, 0) is 29.3 Å². The molecule has 10 nitrogen and oxygen atoms in total. The second-order valence-electron chi connectivity index (χ2n) is 7.73. The van der Waals surface area contributed by atoms with E-state index >= 15 is 0 Å². The van der Waals surface area contributed by atoms with Crippen LogP contribution in [0.5, 0.6) is 11.8 Å². The number of amides is 2. The minimum Gasteiger partial charge on any atom is -0.481 e. The maximum Gasteiger partial charge on any atom is 0.354 e. The number of nitrogens with two attached hydrogens (primary N) is 1. The molecule has 166 valence electrons. The van der Waals surface area contributed by atoms with E-state index in [1.54, 1.807) is 24.1 Å². The lowest BCUT2D eigenvalue weighted by molar-refractivity contribution is 0.248. The van der Waals surface area contributed by atoms with Crippen LogP contribution in [0.2, 0.25) is 0 Å². The van der Waals surface area contributed by atoms with Gasteiger partial charge in [0.1, 0.15) is 11.0 Å². The topological polar surface area (TPSA) is 134 Å². The van der Waals surface area contributed by atoms with Crippen molar-refractivity contribution in [3.63, 3.8) is 0 Å². The van der Waals surface area contributed by atoms with Gasteiger partial charge >= 0.3 is 6.03 Å². The van der Waals surface area contributed by atoms with Gasteiger partial charge in [-0.15, -0.1) is 4.36 Å². The number of anilines is 1. The first-order valence-corrected chi connectivity index (χ1v) is 11.7. The van der Waals surface area contributed by atoms with Gasteiger partial charge in [0, 0.05) is 17.8 Å². The van der Waals surface area contributed by atoms with Crippen molar-refractivity contribution in [2.45, 2.75) is 37.3 Å². The molecule has 0 unspecified atom stereocenters. The van der Waals surface area contributed by atoms with Crippen LogP contribution < -0.4 is 19.9 Å². The number of benzene rings is 1. The second kappa shape index (κ2) is 7.61. The Morgan fingerprint density at radius 2 is 2.22 bits per heavy atom. The summed E-state index contributed by atoms with van der Waals surface area (Å²) in [6.45, 7) is 2.38. The first kappa shape index (κ1) is 20.5. The van der Waals surface area contributed by atoms with Gasteiger partial charge in [0.05, 0.1) is 25.5 Å². The quantitative estimate of drug-likeness (QED) is 0.623. The molecule has 1 aliphatic heterocycles. The zero-order valence-corrected chi connectivity index (χ0v) is 18.4. The summed E-state index contributed by atoms with van der Waals surface area (Å²) in [6.07, 6.45) is 4.61. The van der Waals surface area contributed by atoms with E-state index in [2.05, 4.69) is 19.8 Å². The molecule has 2 aliphatic rings. The van der Waals surface area contributed by atoms with Gasteiger partial charge in [0.15, 0.2) is 9.92 Å². The van der Waals surface area contributed by atoms with Crippen molar-refractivity contribution in [1.82, 2.24) is 14.8 Å². The van der Waals surface area contributed by atoms with Crippen molar-refractivity contribution < 1.29 is 18.5 Å². The number of hydrogen-bond donors (Lipinski definition) is 2. The Hall–Kier alpha value is -3.44. The molecule has 0 saturated carbocycles. The number of nitrogens with one attached hydrogen (secondary N) is 1. The number of rotatable bonds is 4. The summed E-state index contributed by atoms with van der Waals surface area (Å²) < 4.78 is 29.3. The minimum absolute atomic E-state index is 0.108. The fourth-order valence-electron chi connectivity index (χ4n) is 3.95. The van der Waals surface area contributed by atoms with E-state index in [1.807, 2.05) is 25.1 Å². The maximum absolute atomic E-state index is 13.1. The molecule has 32 heavy (non-hydrogen) atoms. The number of aromatic nitrogens is 3. The van der Waals surface area contributed by atoms with Crippen LogP contribution in [-0.4, -0.2) is 38.2 Å². The van der Waals surface area contributed by atoms with Crippen molar-refractivity contribution in [2.75, 3.05) is 12.4 Å². The Balaban J connectivity index is 1.50. The molecule has 0 fully saturated rings. The number of carbonyl (C=O) groups excluding carboxylic acids is 1. The molecule has 3 N–H and O–H groups in total. The monoisotopic (exact) mass is 454 g/mol. The number of aryl methyl sites for hydroxylation is 1. The van der Waals surface area contributed by atoms with E-state index in [9.17, 15) is 9.00 Å². The van der Waals surface area contributed by atoms with E-state index in [-0.39, 0.29) is 16.9 Å². The number of carbonyl (C=O) groups is 1. The molecule has 3 aromatic rings. The molecular weight excluding hydrogens is 432 g/mol. The summed E-state index contributed by atoms with van der Waals surface area (Å²) in [5.74, 6) is 0.747. The summed E-state index contributed by atoms with van der Waals surface area (Å²) in [5, 5.41) is 12.9. The lowest BCUT2D eigenvalue weighted by atomic mass is 9.84. The predicted octanol–water partition coefficient (Wildman–Crippen LogP) is 2.77. The highest BCUT2D eigenvalue weighted by molar-refractivity contribution is 7.91. The van der Waals surface area contributed by atoms with Crippen LogP contribution in [0.1, 0.15) is 18.1 Å². The molecule has 2 amide bonds. The normalized spacial score (nSPS) is 17.9. The van der Waals surface area contributed by atoms with Gasteiger partial charge in [-0.05, 0) is 42.5 Å². The molecule has 5 rings (SSSR count). The SMILES string of the molecule is COc1cc(-c2ccc3c(c2NC(=O)N=[S@@](N)(=O)c2cnn4c2O[C@H](C)C4)CC3)ccn1. The van der Waals surface area contributed by atoms with Crippen molar-refractivity contribution in [3.05, 3.63) is 47.8 Å². The van der Waals surface area contributed by atoms with Crippen molar-refractivity contribution >= 4 is 21.6 Å². The molecule has 2 atom stereocenters. The van der Waals surface area contributed by atoms with Gasteiger partial charge in [-0.2, -0.15) is 5.10 Å². The number of fused-ring (bicyclic) bond motifs is 2. The van der Waals surface area contributed by atoms with Gasteiger partial charge in [-0.1, -0.05) is 12.1 Å². The molecule has 0 spiro atoms. The third-order valence-electron chi connectivity index (χ3n) is 5.58. The van der Waals surface area contributed by atoms with Crippen LogP contribution >= 0.6 is 0 Å². The smallest absolute Gasteiger partial charge is 0.354 e. The zero-order valence-electron chi connectivity index (χ0n) is 17.6. The Morgan fingerprint density at radius 1 is 1.38 bits per heavy atom. The molecule has 2 aromatic heterocycles. The highest BCUT2D eigenvalue weighted by Crippen LogP contribution is 2.39.